The Kier molecular flexibility index (Phi) is 4.30. The number of hydrogen-bond donors (Lipinski definition) is 1. The van der Waals surface area contributed by atoms with Crippen molar-refractivity contribution in [3.63, 3.8) is 0 Å². The van der Waals surface area contributed by atoms with Gasteiger partial charge in [-0.15, -0.1) is 0 Å². The van der Waals surface area contributed by atoms with E-state index >= 15 is 0 Å². The zero-order valence-corrected chi connectivity index (χ0v) is 10.7. The van der Waals surface area contributed by atoms with Gasteiger partial charge >= 0.3 is 0 Å². The highest BCUT2D eigenvalue weighted by Gasteiger charge is 2.31. The topological polar surface area (TPSA) is 21.3 Å². The average molecular weight is 255 g/mol. The number of hydrogen-bond acceptors (Lipinski definition) is 2. The first kappa shape index (κ1) is 13.4. The normalized spacial score (nSPS) is 25.3. The number of benzene rings is 1. The van der Waals surface area contributed by atoms with Crippen molar-refractivity contribution >= 4 is 0 Å². The Labute approximate surface area is 106 Å². The Morgan fingerprint density at radius 1 is 1.39 bits per heavy atom. The molecule has 3 atom stereocenters. The molecule has 1 N–H and O–H groups in total. The lowest BCUT2D eigenvalue weighted by molar-refractivity contribution is 0.0311. The van der Waals surface area contributed by atoms with Crippen LogP contribution in [0.2, 0.25) is 0 Å². The lowest BCUT2D eigenvalue weighted by Crippen LogP contribution is -2.32. The van der Waals surface area contributed by atoms with Crippen LogP contribution in [0.4, 0.5) is 8.78 Å². The van der Waals surface area contributed by atoms with E-state index in [4.69, 9.17) is 4.74 Å². The van der Waals surface area contributed by atoms with Crippen molar-refractivity contribution in [3.8, 4) is 0 Å². The van der Waals surface area contributed by atoms with Crippen molar-refractivity contribution in [2.24, 2.45) is 0 Å². The first-order chi connectivity index (χ1) is 8.61. The minimum atomic E-state index is -0.416. The summed E-state index contributed by atoms with van der Waals surface area (Å²) >= 11 is 0. The Morgan fingerprint density at radius 3 is 2.78 bits per heavy atom. The minimum absolute atomic E-state index is 0.0868. The molecule has 4 heteroatoms. The largest absolute Gasteiger partial charge is 0.373 e. The standard InChI is InChI=1S/C14H19F2NO/c1-3-17-14(13-7-4-9(2)18-13)11-8-10(15)5-6-12(11)16/h5-6,8-9,13-14,17H,3-4,7H2,1-2H3. The second-order valence-corrected chi connectivity index (χ2v) is 4.76. The van der Waals surface area contributed by atoms with Crippen LogP contribution in [0, 0.1) is 11.6 Å². The van der Waals surface area contributed by atoms with Crippen LogP contribution >= 0.6 is 0 Å². The van der Waals surface area contributed by atoms with Gasteiger partial charge in [0, 0.05) is 5.56 Å². The number of nitrogens with one attached hydrogen (secondary N) is 1. The van der Waals surface area contributed by atoms with Crippen molar-refractivity contribution in [2.75, 3.05) is 6.54 Å². The summed E-state index contributed by atoms with van der Waals surface area (Å²) in [7, 11) is 0. The van der Waals surface area contributed by atoms with Gasteiger partial charge in [0.05, 0.1) is 18.2 Å². The smallest absolute Gasteiger partial charge is 0.128 e. The maximum atomic E-state index is 13.8. The first-order valence-corrected chi connectivity index (χ1v) is 6.45. The van der Waals surface area contributed by atoms with Gasteiger partial charge in [-0.05, 0) is 44.5 Å². The van der Waals surface area contributed by atoms with Crippen molar-refractivity contribution in [1.29, 1.82) is 0 Å². The first-order valence-electron chi connectivity index (χ1n) is 6.45. The van der Waals surface area contributed by atoms with E-state index in [0.717, 1.165) is 18.9 Å². The Bertz CT molecular complexity index is 411. The maximum absolute atomic E-state index is 13.8. The van der Waals surface area contributed by atoms with E-state index in [0.29, 0.717) is 12.1 Å². The molecule has 1 aromatic rings. The molecule has 1 heterocycles. The van der Waals surface area contributed by atoms with Gasteiger partial charge in [0.25, 0.3) is 0 Å². The highest BCUT2D eigenvalue weighted by atomic mass is 19.1. The quantitative estimate of drug-likeness (QED) is 0.892. The molecule has 0 aromatic heterocycles. The van der Waals surface area contributed by atoms with Crippen LogP contribution in [0.3, 0.4) is 0 Å². The SMILES string of the molecule is CCNC(c1cc(F)ccc1F)C1CCC(C)O1. The number of rotatable bonds is 4. The van der Waals surface area contributed by atoms with Gasteiger partial charge in [0.15, 0.2) is 0 Å². The van der Waals surface area contributed by atoms with Gasteiger partial charge < -0.3 is 10.1 Å². The molecule has 0 aliphatic carbocycles. The van der Waals surface area contributed by atoms with Crippen molar-refractivity contribution in [3.05, 3.63) is 35.4 Å². The molecular formula is C14H19F2NO. The molecule has 1 aliphatic rings. The van der Waals surface area contributed by atoms with Crippen LogP contribution in [0.5, 0.6) is 0 Å². The highest BCUT2D eigenvalue weighted by molar-refractivity contribution is 5.23. The Balaban J connectivity index is 2.26. The molecule has 0 spiro atoms. The molecule has 0 saturated carbocycles. The van der Waals surface area contributed by atoms with Crippen molar-refractivity contribution in [1.82, 2.24) is 5.32 Å². The molecule has 2 nitrogen and oxygen atoms in total. The number of ether oxygens (including phenoxy) is 1. The summed E-state index contributed by atoms with van der Waals surface area (Å²) in [6.07, 6.45) is 1.93. The fourth-order valence-corrected chi connectivity index (χ4v) is 2.49. The van der Waals surface area contributed by atoms with Crippen molar-refractivity contribution in [2.45, 2.75) is 44.9 Å². The lowest BCUT2D eigenvalue weighted by atomic mass is 9.98. The minimum Gasteiger partial charge on any atom is -0.373 e. The molecule has 2 rings (SSSR count). The maximum Gasteiger partial charge on any atom is 0.128 e. The van der Waals surface area contributed by atoms with Gasteiger partial charge in [-0.25, -0.2) is 8.78 Å². The fourth-order valence-electron chi connectivity index (χ4n) is 2.49. The summed E-state index contributed by atoms with van der Waals surface area (Å²) in [6, 6.07) is 3.29. The highest BCUT2D eigenvalue weighted by Crippen LogP contribution is 2.31. The summed E-state index contributed by atoms with van der Waals surface area (Å²) in [4.78, 5) is 0. The Hall–Kier alpha value is -1.00. The molecule has 18 heavy (non-hydrogen) atoms. The van der Waals surface area contributed by atoms with Gasteiger partial charge in [-0.1, -0.05) is 6.92 Å². The van der Waals surface area contributed by atoms with Gasteiger partial charge in [0.2, 0.25) is 0 Å². The Morgan fingerprint density at radius 2 is 2.17 bits per heavy atom. The summed E-state index contributed by atoms with van der Waals surface area (Å²) < 4.78 is 32.9. The number of likely N-dealkylation sites (N-methyl/N-ethyl adjacent to an activating group) is 1. The molecule has 1 fully saturated rings. The van der Waals surface area contributed by atoms with E-state index in [1.54, 1.807) is 0 Å². The van der Waals surface area contributed by atoms with Crippen LogP contribution < -0.4 is 5.32 Å². The second-order valence-electron chi connectivity index (χ2n) is 4.76. The third-order valence-corrected chi connectivity index (χ3v) is 3.35. The molecular weight excluding hydrogens is 236 g/mol. The summed E-state index contributed by atoms with van der Waals surface area (Å²) in [5.74, 6) is -0.800. The fraction of sp³-hybridized carbons (Fsp3) is 0.571. The summed E-state index contributed by atoms with van der Waals surface area (Å²) in [5, 5.41) is 3.20. The van der Waals surface area contributed by atoms with E-state index in [1.807, 2.05) is 13.8 Å². The van der Waals surface area contributed by atoms with E-state index < -0.39 is 5.82 Å². The van der Waals surface area contributed by atoms with E-state index in [-0.39, 0.29) is 24.1 Å². The lowest BCUT2D eigenvalue weighted by Gasteiger charge is -2.25. The second kappa shape index (κ2) is 5.76. The van der Waals surface area contributed by atoms with Crippen LogP contribution in [0.25, 0.3) is 0 Å². The van der Waals surface area contributed by atoms with E-state index in [2.05, 4.69) is 5.32 Å². The summed E-state index contributed by atoms with van der Waals surface area (Å²) in [6.45, 7) is 4.64. The van der Waals surface area contributed by atoms with Crippen molar-refractivity contribution < 1.29 is 13.5 Å². The monoisotopic (exact) mass is 255 g/mol. The van der Waals surface area contributed by atoms with Crippen LogP contribution in [0.15, 0.2) is 18.2 Å². The third-order valence-electron chi connectivity index (χ3n) is 3.35. The number of halogens is 2. The predicted molar refractivity (Wildman–Crippen MR) is 66.3 cm³/mol. The van der Waals surface area contributed by atoms with Gasteiger partial charge in [-0.3, -0.25) is 0 Å². The van der Waals surface area contributed by atoms with Gasteiger partial charge in [0.1, 0.15) is 11.6 Å². The van der Waals surface area contributed by atoms with E-state index in [1.165, 1.54) is 12.1 Å². The molecule has 1 saturated heterocycles. The van der Waals surface area contributed by atoms with Crippen LogP contribution in [-0.2, 0) is 4.74 Å². The zero-order valence-electron chi connectivity index (χ0n) is 10.7. The third kappa shape index (κ3) is 2.87. The van der Waals surface area contributed by atoms with Gasteiger partial charge in [-0.2, -0.15) is 0 Å². The molecule has 0 amide bonds. The molecule has 1 aliphatic heterocycles. The average Bonchev–Trinajstić information content (AvgIpc) is 2.76. The molecule has 0 radical (unpaired) electrons. The molecule has 3 unspecified atom stereocenters. The predicted octanol–water partition coefficient (Wildman–Crippen LogP) is 3.18. The van der Waals surface area contributed by atoms with Crippen LogP contribution in [-0.4, -0.2) is 18.8 Å². The molecule has 1 aromatic carbocycles. The molecule has 100 valence electrons. The van der Waals surface area contributed by atoms with E-state index in [9.17, 15) is 8.78 Å². The zero-order chi connectivity index (χ0) is 13.1. The van der Waals surface area contributed by atoms with Crippen LogP contribution in [0.1, 0.15) is 38.3 Å². The molecule has 0 bridgehead atoms. The summed E-state index contributed by atoms with van der Waals surface area (Å²) in [5.41, 5.74) is 0.357.